The molecule has 3 rings (SSSR count). The summed E-state index contributed by atoms with van der Waals surface area (Å²) in [5.74, 6) is 0. The second-order valence-electron chi connectivity index (χ2n) is 4.40. The molecule has 0 unspecified atom stereocenters. The van der Waals surface area contributed by atoms with Crippen LogP contribution >= 0.6 is 11.3 Å². The van der Waals surface area contributed by atoms with Crippen LogP contribution in [0.25, 0.3) is 20.5 Å². The predicted octanol–water partition coefficient (Wildman–Crippen LogP) is 4.69. The number of thiophene rings is 1. The highest BCUT2D eigenvalue weighted by molar-refractivity contribution is 7.22. The SMILES string of the molecule is Cc1cc(C=O)cc(-c2cc3ccccc3s2)c1. The summed E-state index contributed by atoms with van der Waals surface area (Å²) in [5, 5.41) is 1.26. The normalized spacial score (nSPS) is 10.7. The first-order chi connectivity index (χ1) is 8.76. The number of hydrogen-bond acceptors (Lipinski definition) is 2. The Balaban J connectivity index is 2.19. The molecule has 1 nitrogen and oxygen atoms in total. The quantitative estimate of drug-likeness (QED) is 0.605. The van der Waals surface area contributed by atoms with Gasteiger partial charge in [-0.1, -0.05) is 24.3 Å². The van der Waals surface area contributed by atoms with Crippen LogP contribution < -0.4 is 0 Å². The van der Waals surface area contributed by atoms with E-state index in [1.54, 1.807) is 11.3 Å². The first kappa shape index (κ1) is 11.2. The number of aldehydes is 1. The molecule has 2 heteroatoms. The van der Waals surface area contributed by atoms with E-state index in [0.717, 1.165) is 23.0 Å². The highest BCUT2D eigenvalue weighted by Crippen LogP contribution is 2.34. The number of hydrogen-bond donors (Lipinski definition) is 0. The zero-order chi connectivity index (χ0) is 12.5. The molecule has 0 amide bonds. The van der Waals surface area contributed by atoms with E-state index in [2.05, 4.69) is 30.3 Å². The van der Waals surface area contributed by atoms with Crippen molar-refractivity contribution < 1.29 is 4.79 Å². The lowest BCUT2D eigenvalue weighted by Crippen LogP contribution is -1.83. The summed E-state index contributed by atoms with van der Waals surface area (Å²) in [6.07, 6.45) is 0.907. The Labute approximate surface area is 110 Å². The van der Waals surface area contributed by atoms with Crippen molar-refractivity contribution in [3.63, 3.8) is 0 Å². The van der Waals surface area contributed by atoms with E-state index >= 15 is 0 Å². The Bertz CT molecular complexity index is 692. The third-order valence-corrected chi connectivity index (χ3v) is 4.11. The van der Waals surface area contributed by atoms with Gasteiger partial charge in [0, 0.05) is 15.1 Å². The summed E-state index contributed by atoms with van der Waals surface area (Å²) in [6, 6.07) is 16.5. The minimum Gasteiger partial charge on any atom is -0.298 e. The Morgan fingerprint density at radius 2 is 1.89 bits per heavy atom. The van der Waals surface area contributed by atoms with Crippen molar-refractivity contribution in [2.75, 3.05) is 0 Å². The molecule has 0 radical (unpaired) electrons. The lowest BCUT2D eigenvalue weighted by Gasteiger charge is -2.01. The van der Waals surface area contributed by atoms with Gasteiger partial charge in [0.05, 0.1) is 0 Å². The molecule has 2 aromatic carbocycles. The Morgan fingerprint density at radius 1 is 1.06 bits per heavy atom. The molecule has 0 aliphatic carbocycles. The second kappa shape index (κ2) is 4.39. The van der Waals surface area contributed by atoms with E-state index in [0.29, 0.717) is 0 Å². The topological polar surface area (TPSA) is 17.1 Å². The average molecular weight is 252 g/mol. The van der Waals surface area contributed by atoms with Gasteiger partial charge in [-0.15, -0.1) is 11.3 Å². The van der Waals surface area contributed by atoms with Crippen molar-refractivity contribution >= 4 is 27.7 Å². The van der Waals surface area contributed by atoms with Gasteiger partial charge in [-0.25, -0.2) is 0 Å². The molecule has 0 saturated heterocycles. The summed E-state index contributed by atoms with van der Waals surface area (Å²) in [4.78, 5) is 12.1. The van der Waals surface area contributed by atoms with E-state index in [-0.39, 0.29) is 0 Å². The number of carbonyl (C=O) groups is 1. The van der Waals surface area contributed by atoms with Crippen LogP contribution in [-0.2, 0) is 0 Å². The zero-order valence-corrected chi connectivity index (χ0v) is 10.8. The molecule has 0 aliphatic rings. The molecular formula is C16H12OS. The summed E-state index contributed by atoms with van der Waals surface area (Å²) in [6.45, 7) is 2.02. The molecule has 0 bridgehead atoms. The molecule has 0 aliphatic heterocycles. The standard InChI is InChI=1S/C16H12OS/c1-11-6-12(10-17)8-14(7-11)16-9-13-4-2-3-5-15(13)18-16/h2-10H,1H3. The first-order valence-electron chi connectivity index (χ1n) is 5.82. The van der Waals surface area contributed by atoms with E-state index in [1.807, 2.05) is 25.1 Å². The fourth-order valence-electron chi connectivity index (χ4n) is 2.15. The molecule has 0 saturated carbocycles. The maximum Gasteiger partial charge on any atom is 0.150 e. The van der Waals surface area contributed by atoms with Gasteiger partial charge in [-0.2, -0.15) is 0 Å². The minimum absolute atomic E-state index is 0.738. The minimum atomic E-state index is 0.738. The molecule has 18 heavy (non-hydrogen) atoms. The monoisotopic (exact) mass is 252 g/mol. The van der Waals surface area contributed by atoms with Gasteiger partial charge < -0.3 is 0 Å². The van der Waals surface area contributed by atoms with Crippen LogP contribution in [0, 0.1) is 6.92 Å². The molecule has 3 aromatic rings. The average Bonchev–Trinajstić information content (AvgIpc) is 2.81. The molecule has 1 aromatic heterocycles. The van der Waals surface area contributed by atoms with Crippen LogP contribution in [0.2, 0.25) is 0 Å². The van der Waals surface area contributed by atoms with Gasteiger partial charge in [0.2, 0.25) is 0 Å². The Hall–Kier alpha value is -1.93. The van der Waals surface area contributed by atoms with E-state index in [9.17, 15) is 4.79 Å². The molecule has 0 spiro atoms. The van der Waals surface area contributed by atoms with Crippen LogP contribution in [0.5, 0.6) is 0 Å². The highest BCUT2D eigenvalue weighted by Gasteiger charge is 2.05. The zero-order valence-electron chi connectivity index (χ0n) is 10.0. The van der Waals surface area contributed by atoms with Gasteiger partial charge in [0.25, 0.3) is 0 Å². The summed E-state index contributed by atoms with van der Waals surface area (Å²) in [7, 11) is 0. The summed E-state index contributed by atoms with van der Waals surface area (Å²) in [5.41, 5.74) is 2.98. The summed E-state index contributed by atoms with van der Waals surface area (Å²) >= 11 is 1.76. The smallest absolute Gasteiger partial charge is 0.150 e. The molecule has 1 heterocycles. The van der Waals surface area contributed by atoms with Gasteiger partial charge in [0.15, 0.2) is 0 Å². The van der Waals surface area contributed by atoms with E-state index < -0.39 is 0 Å². The second-order valence-corrected chi connectivity index (χ2v) is 5.48. The van der Waals surface area contributed by atoms with Crippen molar-refractivity contribution in [3.8, 4) is 10.4 Å². The van der Waals surface area contributed by atoms with Crippen LogP contribution in [0.3, 0.4) is 0 Å². The number of carbonyl (C=O) groups excluding carboxylic acids is 1. The Morgan fingerprint density at radius 3 is 2.67 bits per heavy atom. The van der Waals surface area contributed by atoms with Gasteiger partial charge >= 0.3 is 0 Å². The first-order valence-corrected chi connectivity index (χ1v) is 6.64. The van der Waals surface area contributed by atoms with Crippen LogP contribution in [0.4, 0.5) is 0 Å². The molecule has 0 N–H and O–H groups in total. The number of rotatable bonds is 2. The van der Waals surface area contributed by atoms with Gasteiger partial charge in [-0.05, 0) is 47.7 Å². The molecule has 0 fully saturated rings. The van der Waals surface area contributed by atoms with Gasteiger partial charge in [0.1, 0.15) is 6.29 Å². The fraction of sp³-hybridized carbons (Fsp3) is 0.0625. The number of aryl methyl sites for hydroxylation is 1. The van der Waals surface area contributed by atoms with E-state index in [4.69, 9.17) is 0 Å². The van der Waals surface area contributed by atoms with Crippen LogP contribution in [0.15, 0.2) is 48.5 Å². The third-order valence-electron chi connectivity index (χ3n) is 2.95. The van der Waals surface area contributed by atoms with Crippen molar-refractivity contribution in [1.29, 1.82) is 0 Å². The molecule has 0 atom stereocenters. The maximum atomic E-state index is 10.9. The van der Waals surface area contributed by atoms with Crippen molar-refractivity contribution in [3.05, 3.63) is 59.7 Å². The Kier molecular flexibility index (Phi) is 2.73. The lowest BCUT2D eigenvalue weighted by molar-refractivity contribution is 0.112. The fourth-order valence-corrected chi connectivity index (χ4v) is 3.20. The summed E-state index contributed by atoms with van der Waals surface area (Å²) < 4.78 is 1.28. The molecular weight excluding hydrogens is 240 g/mol. The number of benzene rings is 2. The highest BCUT2D eigenvalue weighted by atomic mass is 32.1. The van der Waals surface area contributed by atoms with Crippen molar-refractivity contribution in [2.24, 2.45) is 0 Å². The van der Waals surface area contributed by atoms with E-state index in [1.165, 1.54) is 15.0 Å². The van der Waals surface area contributed by atoms with Crippen LogP contribution in [0.1, 0.15) is 15.9 Å². The van der Waals surface area contributed by atoms with Crippen molar-refractivity contribution in [2.45, 2.75) is 6.92 Å². The predicted molar refractivity (Wildman–Crippen MR) is 77.4 cm³/mol. The number of fused-ring (bicyclic) bond motifs is 1. The lowest BCUT2D eigenvalue weighted by atomic mass is 10.1. The van der Waals surface area contributed by atoms with Crippen molar-refractivity contribution in [1.82, 2.24) is 0 Å². The molecule has 88 valence electrons. The van der Waals surface area contributed by atoms with Crippen LogP contribution in [-0.4, -0.2) is 6.29 Å². The maximum absolute atomic E-state index is 10.9. The third kappa shape index (κ3) is 1.95. The van der Waals surface area contributed by atoms with Gasteiger partial charge in [-0.3, -0.25) is 4.79 Å². The largest absolute Gasteiger partial charge is 0.298 e.